The SMILES string of the molecule is OC(c1cccc(OC(F)F)c1)C1CCCC1. The van der Waals surface area contributed by atoms with E-state index in [0.717, 1.165) is 25.7 Å². The van der Waals surface area contributed by atoms with E-state index in [2.05, 4.69) is 4.74 Å². The van der Waals surface area contributed by atoms with Gasteiger partial charge in [-0.05, 0) is 36.5 Å². The van der Waals surface area contributed by atoms with Gasteiger partial charge in [-0.1, -0.05) is 25.0 Å². The van der Waals surface area contributed by atoms with Crippen LogP contribution < -0.4 is 4.74 Å². The first-order valence-electron chi connectivity index (χ1n) is 5.89. The van der Waals surface area contributed by atoms with Gasteiger partial charge in [0.15, 0.2) is 0 Å². The van der Waals surface area contributed by atoms with Gasteiger partial charge in [0.1, 0.15) is 5.75 Å². The molecule has 0 aromatic heterocycles. The van der Waals surface area contributed by atoms with Crippen LogP contribution in [0.2, 0.25) is 0 Å². The molecule has 2 rings (SSSR count). The molecular weight excluding hydrogens is 226 g/mol. The maximum atomic E-state index is 12.1. The highest BCUT2D eigenvalue weighted by atomic mass is 19.3. The molecule has 1 aromatic carbocycles. The van der Waals surface area contributed by atoms with Crippen LogP contribution in [0.15, 0.2) is 24.3 Å². The minimum Gasteiger partial charge on any atom is -0.435 e. The largest absolute Gasteiger partial charge is 0.435 e. The van der Waals surface area contributed by atoms with Crippen LogP contribution in [0, 0.1) is 5.92 Å². The summed E-state index contributed by atoms with van der Waals surface area (Å²) >= 11 is 0. The molecule has 0 radical (unpaired) electrons. The number of ether oxygens (including phenoxy) is 1. The number of alkyl halides is 2. The summed E-state index contributed by atoms with van der Waals surface area (Å²) in [4.78, 5) is 0. The van der Waals surface area contributed by atoms with Crippen LogP contribution in [0.4, 0.5) is 8.78 Å². The summed E-state index contributed by atoms with van der Waals surface area (Å²) < 4.78 is 28.5. The highest BCUT2D eigenvalue weighted by molar-refractivity contribution is 5.30. The van der Waals surface area contributed by atoms with Crippen LogP contribution in [-0.4, -0.2) is 11.7 Å². The van der Waals surface area contributed by atoms with E-state index in [9.17, 15) is 13.9 Å². The fourth-order valence-corrected chi connectivity index (χ4v) is 2.42. The molecule has 1 atom stereocenters. The first-order chi connectivity index (χ1) is 8.16. The topological polar surface area (TPSA) is 29.5 Å². The van der Waals surface area contributed by atoms with Crippen LogP contribution in [0.3, 0.4) is 0 Å². The van der Waals surface area contributed by atoms with E-state index in [1.54, 1.807) is 12.1 Å². The summed E-state index contributed by atoms with van der Waals surface area (Å²) in [5.74, 6) is 0.353. The predicted molar refractivity (Wildman–Crippen MR) is 60.0 cm³/mol. The number of benzene rings is 1. The van der Waals surface area contributed by atoms with Crippen molar-refractivity contribution >= 4 is 0 Å². The average molecular weight is 242 g/mol. The molecule has 17 heavy (non-hydrogen) atoms. The Labute approximate surface area is 99.2 Å². The normalized spacial score (nSPS) is 18.6. The smallest absolute Gasteiger partial charge is 0.387 e. The summed E-state index contributed by atoms with van der Waals surface area (Å²) in [6.07, 6.45) is 3.70. The lowest BCUT2D eigenvalue weighted by Gasteiger charge is -2.18. The van der Waals surface area contributed by atoms with E-state index in [4.69, 9.17) is 0 Å². The van der Waals surface area contributed by atoms with E-state index >= 15 is 0 Å². The highest BCUT2D eigenvalue weighted by Crippen LogP contribution is 2.36. The number of rotatable bonds is 4. The van der Waals surface area contributed by atoms with E-state index < -0.39 is 12.7 Å². The van der Waals surface area contributed by atoms with Gasteiger partial charge in [-0.2, -0.15) is 8.78 Å². The van der Waals surface area contributed by atoms with Gasteiger partial charge in [0.2, 0.25) is 0 Å². The molecule has 0 aliphatic heterocycles. The fourth-order valence-electron chi connectivity index (χ4n) is 2.42. The number of aliphatic hydroxyl groups excluding tert-OH is 1. The third-order valence-corrected chi connectivity index (χ3v) is 3.27. The molecular formula is C13H16F2O2. The second kappa shape index (κ2) is 5.45. The van der Waals surface area contributed by atoms with Crippen molar-refractivity contribution in [2.45, 2.75) is 38.4 Å². The summed E-state index contributed by atoms with van der Waals surface area (Å²) in [6, 6.07) is 6.35. The van der Waals surface area contributed by atoms with Gasteiger partial charge in [0.05, 0.1) is 6.10 Å². The van der Waals surface area contributed by atoms with Crippen molar-refractivity contribution < 1.29 is 18.6 Å². The Kier molecular flexibility index (Phi) is 3.94. The van der Waals surface area contributed by atoms with Crippen molar-refractivity contribution in [3.63, 3.8) is 0 Å². The molecule has 1 unspecified atom stereocenters. The van der Waals surface area contributed by atoms with Crippen LogP contribution in [0.25, 0.3) is 0 Å². The molecule has 1 aliphatic rings. The van der Waals surface area contributed by atoms with Crippen LogP contribution >= 0.6 is 0 Å². The number of halogens is 2. The lowest BCUT2D eigenvalue weighted by Crippen LogP contribution is -2.09. The Morgan fingerprint density at radius 1 is 1.24 bits per heavy atom. The molecule has 1 aromatic rings. The Hall–Kier alpha value is -1.16. The average Bonchev–Trinajstić information content (AvgIpc) is 2.81. The summed E-state index contributed by atoms with van der Waals surface area (Å²) in [7, 11) is 0. The van der Waals surface area contributed by atoms with Gasteiger partial charge in [0.25, 0.3) is 0 Å². The van der Waals surface area contributed by atoms with E-state index in [0.29, 0.717) is 5.56 Å². The minimum atomic E-state index is -2.83. The number of hydrogen-bond acceptors (Lipinski definition) is 2. The van der Waals surface area contributed by atoms with Crippen molar-refractivity contribution in [1.29, 1.82) is 0 Å². The van der Waals surface area contributed by atoms with Gasteiger partial charge in [-0.15, -0.1) is 0 Å². The third-order valence-electron chi connectivity index (χ3n) is 3.27. The van der Waals surface area contributed by atoms with Crippen LogP contribution in [0.1, 0.15) is 37.4 Å². The molecule has 1 N–H and O–H groups in total. The molecule has 4 heteroatoms. The second-order valence-electron chi connectivity index (χ2n) is 4.44. The van der Waals surface area contributed by atoms with Gasteiger partial charge >= 0.3 is 6.61 Å². The van der Waals surface area contributed by atoms with Gasteiger partial charge in [-0.3, -0.25) is 0 Å². The summed E-state index contributed by atoms with van der Waals surface area (Å²) in [6.45, 7) is -2.83. The first kappa shape index (κ1) is 12.3. The summed E-state index contributed by atoms with van der Waals surface area (Å²) in [5, 5.41) is 10.1. The van der Waals surface area contributed by atoms with Crippen LogP contribution in [0.5, 0.6) is 5.75 Å². The third kappa shape index (κ3) is 3.16. The lowest BCUT2D eigenvalue weighted by atomic mass is 9.94. The van der Waals surface area contributed by atoms with E-state index in [1.807, 2.05) is 0 Å². The zero-order chi connectivity index (χ0) is 12.3. The maximum Gasteiger partial charge on any atom is 0.387 e. The molecule has 0 amide bonds. The Morgan fingerprint density at radius 2 is 1.94 bits per heavy atom. The zero-order valence-corrected chi connectivity index (χ0v) is 9.48. The molecule has 0 spiro atoms. The maximum absolute atomic E-state index is 12.1. The van der Waals surface area contributed by atoms with Crippen molar-refractivity contribution in [3.8, 4) is 5.75 Å². The fraction of sp³-hybridized carbons (Fsp3) is 0.538. The summed E-state index contributed by atoms with van der Waals surface area (Å²) in [5.41, 5.74) is 0.662. The quantitative estimate of drug-likeness (QED) is 0.875. The van der Waals surface area contributed by atoms with Crippen molar-refractivity contribution in [2.75, 3.05) is 0 Å². The van der Waals surface area contributed by atoms with E-state index in [-0.39, 0.29) is 11.7 Å². The van der Waals surface area contributed by atoms with E-state index in [1.165, 1.54) is 12.1 Å². The first-order valence-corrected chi connectivity index (χ1v) is 5.89. The Bertz CT molecular complexity index is 362. The standard InChI is InChI=1S/C13H16F2O2/c14-13(15)17-11-7-3-6-10(8-11)12(16)9-4-1-2-5-9/h3,6-9,12-13,16H,1-2,4-5H2. The van der Waals surface area contributed by atoms with Crippen molar-refractivity contribution in [1.82, 2.24) is 0 Å². The molecule has 0 saturated heterocycles. The van der Waals surface area contributed by atoms with Gasteiger partial charge < -0.3 is 9.84 Å². The second-order valence-corrected chi connectivity index (χ2v) is 4.44. The molecule has 1 aliphatic carbocycles. The number of hydrogen-bond donors (Lipinski definition) is 1. The molecule has 0 bridgehead atoms. The molecule has 94 valence electrons. The van der Waals surface area contributed by atoms with Gasteiger partial charge in [0, 0.05) is 0 Å². The predicted octanol–water partition coefficient (Wildman–Crippen LogP) is 3.51. The lowest BCUT2D eigenvalue weighted by molar-refractivity contribution is -0.0500. The zero-order valence-electron chi connectivity index (χ0n) is 9.48. The molecule has 2 nitrogen and oxygen atoms in total. The van der Waals surface area contributed by atoms with Crippen molar-refractivity contribution in [3.05, 3.63) is 29.8 Å². The minimum absolute atomic E-state index is 0.106. The number of aliphatic hydroxyl groups is 1. The Morgan fingerprint density at radius 3 is 2.59 bits per heavy atom. The molecule has 1 saturated carbocycles. The monoisotopic (exact) mass is 242 g/mol. The van der Waals surface area contributed by atoms with Crippen LogP contribution in [-0.2, 0) is 0 Å². The molecule has 0 heterocycles. The highest BCUT2D eigenvalue weighted by Gasteiger charge is 2.24. The Balaban J connectivity index is 2.09. The molecule has 1 fully saturated rings. The van der Waals surface area contributed by atoms with Crippen molar-refractivity contribution in [2.24, 2.45) is 5.92 Å². The van der Waals surface area contributed by atoms with Gasteiger partial charge in [-0.25, -0.2) is 0 Å².